The van der Waals surface area contributed by atoms with E-state index < -0.39 is 0 Å². The van der Waals surface area contributed by atoms with Gasteiger partial charge >= 0.3 is 0 Å². The lowest BCUT2D eigenvalue weighted by Crippen LogP contribution is -2.52. The van der Waals surface area contributed by atoms with E-state index in [1.165, 1.54) is 16.9 Å². The van der Waals surface area contributed by atoms with E-state index in [1.807, 2.05) is 31.2 Å². The molecule has 7 heteroatoms. The molecule has 6 nitrogen and oxygen atoms in total. The number of carbonyl (C=O) groups is 1. The van der Waals surface area contributed by atoms with Crippen molar-refractivity contribution in [1.29, 1.82) is 10.5 Å². The lowest BCUT2D eigenvalue weighted by Gasteiger charge is -2.37. The molecular weight excluding hydrogens is 418 g/mol. The minimum absolute atomic E-state index is 0.0292. The van der Waals surface area contributed by atoms with Crippen LogP contribution in [0.3, 0.4) is 0 Å². The Bertz CT molecular complexity index is 1040. The zero-order chi connectivity index (χ0) is 22.5. The summed E-state index contributed by atoms with van der Waals surface area (Å²) in [6, 6.07) is 12.0. The number of nitrogens with one attached hydrogen (secondary N) is 1. The second-order valence-corrected chi connectivity index (χ2v) is 9.77. The summed E-state index contributed by atoms with van der Waals surface area (Å²) in [7, 11) is 0. The molecule has 1 aliphatic heterocycles. The number of hydrogen-bond acceptors (Lipinski definition) is 6. The average Bonchev–Trinajstić information content (AvgIpc) is 2.98. The van der Waals surface area contributed by atoms with E-state index in [1.54, 1.807) is 11.3 Å². The van der Waals surface area contributed by atoms with Crippen molar-refractivity contribution in [2.45, 2.75) is 51.6 Å². The molecule has 2 heterocycles. The fourth-order valence-corrected chi connectivity index (χ4v) is 5.83. The van der Waals surface area contributed by atoms with Crippen molar-refractivity contribution in [1.82, 2.24) is 9.80 Å². The Labute approximate surface area is 194 Å². The van der Waals surface area contributed by atoms with Crippen LogP contribution in [0.2, 0.25) is 0 Å². The van der Waals surface area contributed by atoms with Gasteiger partial charge in [-0.3, -0.25) is 14.6 Å². The predicted octanol–water partition coefficient (Wildman–Crippen LogP) is 3.91. The molecule has 1 amide bonds. The molecule has 1 aromatic carbocycles. The van der Waals surface area contributed by atoms with E-state index >= 15 is 0 Å². The van der Waals surface area contributed by atoms with E-state index in [0.717, 1.165) is 69.0 Å². The van der Waals surface area contributed by atoms with E-state index in [2.05, 4.69) is 27.3 Å². The number of benzene rings is 1. The number of amides is 1. The van der Waals surface area contributed by atoms with Crippen molar-refractivity contribution in [3.05, 3.63) is 51.4 Å². The third-order valence-corrected chi connectivity index (χ3v) is 7.80. The minimum Gasteiger partial charge on any atom is -0.315 e. The number of thiophene rings is 1. The van der Waals surface area contributed by atoms with Crippen LogP contribution in [0, 0.1) is 22.7 Å². The van der Waals surface area contributed by atoms with Gasteiger partial charge in [0.1, 0.15) is 11.1 Å². The van der Waals surface area contributed by atoms with E-state index in [9.17, 15) is 10.1 Å². The lowest BCUT2D eigenvalue weighted by atomic mass is 10.1. The summed E-state index contributed by atoms with van der Waals surface area (Å²) in [4.78, 5) is 18.9. The van der Waals surface area contributed by atoms with Gasteiger partial charge in [0, 0.05) is 37.6 Å². The molecule has 4 rings (SSSR count). The summed E-state index contributed by atoms with van der Waals surface area (Å²) in [6.07, 6.45) is 5.45. The minimum atomic E-state index is -0.236. The van der Waals surface area contributed by atoms with Crippen LogP contribution in [0.1, 0.15) is 53.3 Å². The zero-order valence-electron chi connectivity index (χ0n) is 18.6. The fraction of sp³-hybridized carbons (Fsp3) is 0.480. The molecule has 0 saturated carbocycles. The first-order valence-electron chi connectivity index (χ1n) is 11.4. The fourth-order valence-electron chi connectivity index (χ4n) is 4.58. The monoisotopic (exact) mass is 447 g/mol. The third-order valence-electron chi connectivity index (χ3n) is 6.59. The topological polar surface area (TPSA) is 83.2 Å². The molecular formula is C25H29N5OS. The van der Waals surface area contributed by atoms with Crippen molar-refractivity contribution in [3.63, 3.8) is 0 Å². The van der Waals surface area contributed by atoms with Crippen LogP contribution in [0.25, 0.3) is 0 Å². The van der Waals surface area contributed by atoms with Crippen LogP contribution < -0.4 is 5.32 Å². The number of hydrogen-bond donors (Lipinski definition) is 1. The van der Waals surface area contributed by atoms with Crippen molar-refractivity contribution < 1.29 is 4.79 Å². The molecule has 1 saturated heterocycles. The van der Waals surface area contributed by atoms with Gasteiger partial charge in [0.15, 0.2) is 0 Å². The molecule has 0 spiro atoms. The molecule has 1 fully saturated rings. The number of rotatable bonds is 5. The maximum Gasteiger partial charge on any atom is 0.242 e. The number of fused-ring (bicyclic) bond motifs is 1. The molecule has 1 N–H and O–H groups in total. The number of anilines is 1. The van der Waals surface area contributed by atoms with E-state index in [-0.39, 0.29) is 11.9 Å². The van der Waals surface area contributed by atoms with Crippen LogP contribution >= 0.6 is 11.3 Å². The van der Waals surface area contributed by atoms with Gasteiger partial charge in [-0.05, 0) is 55.9 Å². The van der Waals surface area contributed by atoms with Crippen molar-refractivity contribution >= 4 is 22.2 Å². The van der Waals surface area contributed by atoms with Crippen LogP contribution in [-0.4, -0.2) is 47.9 Å². The second-order valence-electron chi connectivity index (χ2n) is 8.67. The second kappa shape index (κ2) is 10.3. The number of aryl methyl sites for hydroxylation is 1. The van der Waals surface area contributed by atoms with Gasteiger partial charge in [0.25, 0.3) is 0 Å². The SMILES string of the molecule is C[C@H](C(=O)Nc1sc2c(c1C#N)CCCCC2)N1CCN(Cc2ccc(C#N)cc2)CC1. The summed E-state index contributed by atoms with van der Waals surface area (Å²) in [6.45, 7) is 6.26. The van der Waals surface area contributed by atoms with Crippen molar-refractivity contribution in [2.75, 3.05) is 31.5 Å². The first-order chi connectivity index (χ1) is 15.6. The maximum absolute atomic E-state index is 13.0. The highest BCUT2D eigenvalue weighted by Crippen LogP contribution is 2.37. The Hall–Kier alpha value is -2.71. The summed E-state index contributed by atoms with van der Waals surface area (Å²) in [5.74, 6) is -0.0292. The highest BCUT2D eigenvalue weighted by atomic mass is 32.1. The van der Waals surface area contributed by atoms with Crippen LogP contribution in [-0.2, 0) is 24.2 Å². The summed E-state index contributed by atoms with van der Waals surface area (Å²) in [5.41, 5.74) is 3.72. The zero-order valence-corrected chi connectivity index (χ0v) is 19.4. The standard InChI is InChI=1S/C25H29N5OS/c1-18(24(31)28-25-22(16-27)21-5-3-2-4-6-23(21)32-25)30-13-11-29(12-14-30)17-20-9-7-19(15-26)8-10-20/h7-10,18H,2-6,11-14,17H2,1H3,(H,28,31)/t18-/m1/s1. The molecule has 32 heavy (non-hydrogen) atoms. The molecule has 2 aromatic rings. The summed E-state index contributed by atoms with van der Waals surface area (Å²) < 4.78 is 0. The number of nitriles is 2. The average molecular weight is 448 g/mol. The van der Waals surface area contributed by atoms with Crippen LogP contribution in [0.4, 0.5) is 5.00 Å². The lowest BCUT2D eigenvalue weighted by molar-refractivity contribution is -0.121. The third kappa shape index (κ3) is 5.02. The van der Waals surface area contributed by atoms with Crippen molar-refractivity contribution in [2.24, 2.45) is 0 Å². The van der Waals surface area contributed by atoms with Gasteiger partial charge in [-0.2, -0.15) is 10.5 Å². The Morgan fingerprint density at radius 3 is 2.47 bits per heavy atom. The Kier molecular flexibility index (Phi) is 7.22. The molecule has 1 aliphatic carbocycles. The first kappa shape index (κ1) is 22.5. The molecule has 166 valence electrons. The van der Waals surface area contributed by atoms with Crippen LogP contribution in [0.5, 0.6) is 0 Å². The van der Waals surface area contributed by atoms with E-state index in [0.29, 0.717) is 11.1 Å². The van der Waals surface area contributed by atoms with Gasteiger partial charge in [-0.1, -0.05) is 18.6 Å². The summed E-state index contributed by atoms with van der Waals surface area (Å²) in [5, 5.41) is 22.5. The molecule has 0 bridgehead atoms. The normalized spacial score (nSPS) is 18.1. The smallest absolute Gasteiger partial charge is 0.242 e. The van der Waals surface area contributed by atoms with E-state index in [4.69, 9.17) is 5.26 Å². The first-order valence-corrected chi connectivity index (χ1v) is 12.2. The Morgan fingerprint density at radius 2 is 1.78 bits per heavy atom. The van der Waals surface area contributed by atoms with Gasteiger partial charge in [0.2, 0.25) is 5.91 Å². The molecule has 0 radical (unpaired) electrons. The Balaban J connectivity index is 1.32. The quantitative estimate of drug-likeness (QED) is 0.703. The van der Waals surface area contributed by atoms with Gasteiger partial charge in [-0.15, -0.1) is 11.3 Å². The molecule has 1 atom stereocenters. The number of piperazine rings is 1. The molecule has 0 unspecified atom stereocenters. The maximum atomic E-state index is 13.0. The largest absolute Gasteiger partial charge is 0.315 e. The van der Waals surface area contributed by atoms with Crippen LogP contribution in [0.15, 0.2) is 24.3 Å². The van der Waals surface area contributed by atoms with Crippen molar-refractivity contribution in [3.8, 4) is 12.1 Å². The van der Waals surface area contributed by atoms with Gasteiger partial charge < -0.3 is 5.32 Å². The molecule has 1 aromatic heterocycles. The van der Waals surface area contributed by atoms with Gasteiger partial charge in [-0.25, -0.2) is 0 Å². The predicted molar refractivity (Wildman–Crippen MR) is 126 cm³/mol. The van der Waals surface area contributed by atoms with Gasteiger partial charge in [0.05, 0.1) is 23.2 Å². The number of nitrogens with zero attached hydrogens (tertiary/aromatic N) is 4. The summed E-state index contributed by atoms with van der Waals surface area (Å²) >= 11 is 1.60. The highest BCUT2D eigenvalue weighted by molar-refractivity contribution is 7.16. The number of carbonyl (C=O) groups excluding carboxylic acids is 1. The molecule has 2 aliphatic rings. The Morgan fingerprint density at radius 1 is 1.06 bits per heavy atom. The highest BCUT2D eigenvalue weighted by Gasteiger charge is 2.28.